The van der Waals surface area contributed by atoms with Gasteiger partial charge in [0.25, 0.3) is 0 Å². The standard InChI is InChI=1S/C15H22F2N2.ClH/c1-2-3-4-15(19-7-5-18-6-8-19)12-9-13(16)11-14(17)10-12;/h9-11,15,18H,2-8H2,1H3;1H/t15-;/m1./s1. The number of hydrogen-bond acceptors (Lipinski definition) is 2. The van der Waals surface area contributed by atoms with Gasteiger partial charge in [-0.15, -0.1) is 12.4 Å². The average Bonchev–Trinajstić information content (AvgIpc) is 2.39. The van der Waals surface area contributed by atoms with Crippen LogP contribution in [0, 0.1) is 11.6 Å². The third-order valence-corrected chi connectivity index (χ3v) is 3.69. The average molecular weight is 305 g/mol. The summed E-state index contributed by atoms with van der Waals surface area (Å²) in [4.78, 5) is 2.33. The van der Waals surface area contributed by atoms with Gasteiger partial charge in [0.05, 0.1) is 0 Å². The third kappa shape index (κ3) is 4.69. The molecule has 0 radical (unpaired) electrons. The zero-order chi connectivity index (χ0) is 13.7. The summed E-state index contributed by atoms with van der Waals surface area (Å²) in [6, 6.07) is 4.03. The minimum atomic E-state index is -0.480. The fourth-order valence-corrected chi connectivity index (χ4v) is 2.72. The Morgan fingerprint density at radius 2 is 1.75 bits per heavy atom. The molecular formula is C15H23ClF2N2. The van der Waals surface area contributed by atoms with Gasteiger partial charge in [0, 0.05) is 38.3 Å². The van der Waals surface area contributed by atoms with Crippen molar-refractivity contribution in [3.63, 3.8) is 0 Å². The maximum absolute atomic E-state index is 13.4. The Morgan fingerprint density at radius 3 is 2.30 bits per heavy atom. The minimum Gasteiger partial charge on any atom is -0.314 e. The van der Waals surface area contributed by atoms with Crippen molar-refractivity contribution in [3.8, 4) is 0 Å². The first-order chi connectivity index (χ1) is 9.20. The summed E-state index contributed by atoms with van der Waals surface area (Å²) in [5.74, 6) is -0.960. The van der Waals surface area contributed by atoms with Crippen molar-refractivity contribution in [2.75, 3.05) is 26.2 Å². The van der Waals surface area contributed by atoms with Crippen LogP contribution in [0.15, 0.2) is 18.2 Å². The number of nitrogens with zero attached hydrogens (tertiary/aromatic N) is 1. The lowest BCUT2D eigenvalue weighted by Crippen LogP contribution is -2.45. The second-order valence-corrected chi connectivity index (χ2v) is 5.15. The first-order valence-corrected chi connectivity index (χ1v) is 7.11. The molecule has 1 atom stereocenters. The second-order valence-electron chi connectivity index (χ2n) is 5.15. The van der Waals surface area contributed by atoms with Crippen LogP contribution < -0.4 is 5.32 Å². The zero-order valence-electron chi connectivity index (χ0n) is 11.9. The highest BCUT2D eigenvalue weighted by Crippen LogP contribution is 2.27. The largest absolute Gasteiger partial charge is 0.314 e. The van der Waals surface area contributed by atoms with Gasteiger partial charge in [-0.25, -0.2) is 8.78 Å². The lowest BCUT2D eigenvalue weighted by molar-refractivity contribution is 0.162. The van der Waals surface area contributed by atoms with Crippen LogP contribution in [0.3, 0.4) is 0 Å². The van der Waals surface area contributed by atoms with Crippen molar-refractivity contribution in [3.05, 3.63) is 35.4 Å². The number of hydrogen-bond donors (Lipinski definition) is 1. The molecule has 114 valence electrons. The molecule has 1 aliphatic heterocycles. The van der Waals surface area contributed by atoms with E-state index in [0.717, 1.165) is 57.1 Å². The Bertz CT molecular complexity index is 389. The minimum absolute atomic E-state index is 0. The van der Waals surface area contributed by atoms with Gasteiger partial charge in [-0.2, -0.15) is 0 Å². The fourth-order valence-electron chi connectivity index (χ4n) is 2.72. The predicted octanol–water partition coefficient (Wildman–Crippen LogP) is 3.52. The van der Waals surface area contributed by atoms with Crippen LogP contribution in [-0.2, 0) is 0 Å². The predicted molar refractivity (Wildman–Crippen MR) is 80.3 cm³/mol. The van der Waals surface area contributed by atoms with Crippen LogP contribution >= 0.6 is 12.4 Å². The smallest absolute Gasteiger partial charge is 0.126 e. The third-order valence-electron chi connectivity index (χ3n) is 3.69. The van der Waals surface area contributed by atoms with E-state index < -0.39 is 11.6 Å². The van der Waals surface area contributed by atoms with Crippen LogP contribution in [0.2, 0.25) is 0 Å². The maximum atomic E-state index is 13.4. The summed E-state index contributed by atoms with van der Waals surface area (Å²) >= 11 is 0. The molecule has 20 heavy (non-hydrogen) atoms. The van der Waals surface area contributed by atoms with E-state index in [2.05, 4.69) is 17.1 Å². The van der Waals surface area contributed by atoms with Gasteiger partial charge in [-0.05, 0) is 24.1 Å². The van der Waals surface area contributed by atoms with Crippen molar-refractivity contribution in [1.82, 2.24) is 10.2 Å². The molecule has 1 saturated heterocycles. The molecule has 0 bridgehead atoms. The molecule has 0 aromatic heterocycles. The highest BCUT2D eigenvalue weighted by Gasteiger charge is 2.22. The molecule has 2 rings (SSSR count). The highest BCUT2D eigenvalue weighted by atomic mass is 35.5. The maximum Gasteiger partial charge on any atom is 0.126 e. The number of rotatable bonds is 5. The molecule has 0 aliphatic carbocycles. The Hall–Kier alpha value is -0.710. The number of nitrogens with one attached hydrogen (secondary N) is 1. The molecule has 0 spiro atoms. The number of piperazine rings is 1. The Kier molecular flexibility index (Phi) is 7.41. The number of benzene rings is 1. The van der Waals surface area contributed by atoms with Gasteiger partial charge in [0.2, 0.25) is 0 Å². The molecular weight excluding hydrogens is 282 g/mol. The van der Waals surface area contributed by atoms with Crippen LogP contribution in [-0.4, -0.2) is 31.1 Å². The number of unbranched alkanes of at least 4 members (excludes halogenated alkanes) is 1. The molecule has 2 nitrogen and oxygen atoms in total. The first-order valence-electron chi connectivity index (χ1n) is 7.11. The summed E-state index contributed by atoms with van der Waals surface area (Å²) in [6.07, 6.45) is 3.13. The molecule has 0 amide bonds. The SMILES string of the molecule is CCCC[C@H](c1cc(F)cc(F)c1)N1CCNCC1.Cl. The molecule has 0 saturated carbocycles. The molecule has 1 N–H and O–H groups in total. The Morgan fingerprint density at radius 1 is 1.15 bits per heavy atom. The molecule has 1 aliphatic rings. The van der Waals surface area contributed by atoms with E-state index in [1.807, 2.05) is 0 Å². The Labute approximate surface area is 126 Å². The van der Waals surface area contributed by atoms with Crippen LogP contribution in [0.1, 0.15) is 37.8 Å². The molecule has 1 fully saturated rings. The quantitative estimate of drug-likeness (QED) is 0.895. The van der Waals surface area contributed by atoms with E-state index in [4.69, 9.17) is 0 Å². The zero-order valence-corrected chi connectivity index (χ0v) is 12.7. The Balaban J connectivity index is 0.00000200. The van der Waals surface area contributed by atoms with Crippen molar-refractivity contribution < 1.29 is 8.78 Å². The number of halogens is 3. The lowest BCUT2D eigenvalue weighted by Gasteiger charge is -2.35. The van der Waals surface area contributed by atoms with Crippen LogP contribution in [0.25, 0.3) is 0 Å². The van der Waals surface area contributed by atoms with Gasteiger partial charge in [-0.1, -0.05) is 19.8 Å². The summed E-state index contributed by atoms with van der Waals surface area (Å²) in [5.41, 5.74) is 0.771. The van der Waals surface area contributed by atoms with E-state index in [9.17, 15) is 8.78 Å². The van der Waals surface area contributed by atoms with Crippen LogP contribution in [0.4, 0.5) is 8.78 Å². The van der Waals surface area contributed by atoms with E-state index in [0.29, 0.717) is 0 Å². The fraction of sp³-hybridized carbons (Fsp3) is 0.600. The monoisotopic (exact) mass is 304 g/mol. The van der Waals surface area contributed by atoms with Gasteiger partial charge in [0.1, 0.15) is 11.6 Å². The van der Waals surface area contributed by atoms with E-state index in [-0.39, 0.29) is 18.4 Å². The van der Waals surface area contributed by atoms with Gasteiger partial charge < -0.3 is 5.32 Å². The molecule has 0 unspecified atom stereocenters. The lowest BCUT2D eigenvalue weighted by atomic mass is 9.98. The molecule has 1 heterocycles. The summed E-state index contributed by atoms with van der Waals surface area (Å²) in [7, 11) is 0. The van der Waals surface area contributed by atoms with Crippen molar-refractivity contribution >= 4 is 12.4 Å². The highest BCUT2D eigenvalue weighted by molar-refractivity contribution is 5.85. The van der Waals surface area contributed by atoms with E-state index in [1.165, 1.54) is 12.1 Å². The van der Waals surface area contributed by atoms with E-state index in [1.54, 1.807) is 0 Å². The van der Waals surface area contributed by atoms with Crippen molar-refractivity contribution in [1.29, 1.82) is 0 Å². The van der Waals surface area contributed by atoms with Gasteiger partial charge in [0.15, 0.2) is 0 Å². The normalized spacial score (nSPS) is 17.6. The first kappa shape index (κ1) is 17.3. The molecule has 1 aromatic rings. The summed E-state index contributed by atoms with van der Waals surface area (Å²) in [6.45, 7) is 5.90. The van der Waals surface area contributed by atoms with Crippen molar-refractivity contribution in [2.24, 2.45) is 0 Å². The van der Waals surface area contributed by atoms with Crippen LogP contribution in [0.5, 0.6) is 0 Å². The summed E-state index contributed by atoms with van der Waals surface area (Å²) in [5, 5.41) is 3.31. The van der Waals surface area contributed by atoms with E-state index >= 15 is 0 Å². The molecule has 1 aromatic carbocycles. The second kappa shape index (κ2) is 8.55. The van der Waals surface area contributed by atoms with Gasteiger partial charge in [-0.3, -0.25) is 4.90 Å². The summed E-state index contributed by atoms with van der Waals surface area (Å²) < 4.78 is 26.8. The molecule has 5 heteroatoms. The van der Waals surface area contributed by atoms with Gasteiger partial charge >= 0.3 is 0 Å². The van der Waals surface area contributed by atoms with Crippen molar-refractivity contribution in [2.45, 2.75) is 32.2 Å². The topological polar surface area (TPSA) is 15.3 Å².